The number of sulfonamides is 1. The van der Waals surface area contributed by atoms with Crippen LogP contribution in [0.1, 0.15) is 6.42 Å². The summed E-state index contributed by atoms with van der Waals surface area (Å²) in [5.41, 5.74) is 5.96. The van der Waals surface area contributed by atoms with Crippen molar-refractivity contribution in [3.8, 4) is 0 Å². The van der Waals surface area contributed by atoms with E-state index in [4.69, 9.17) is 5.73 Å². The largest absolute Gasteiger partial charge is 0.398 e. The molecule has 1 aromatic rings. The summed E-state index contributed by atoms with van der Waals surface area (Å²) in [5.74, 6) is 0. The van der Waals surface area contributed by atoms with Gasteiger partial charge in [-0.15, -0.1) is 0 Å². The van der Waals surface area contributed by atoms with Gasteiger partial charge < -0.3 is 10.6 Å². The molecule has 100 valence electrons. The fourth-order valence-electron chi connectivity index (χ4n) is 2.10. The van der Waals surface area contributed by atoms with Gasteiger partial charge in [0.1, 0.15) is 4.90 Å². The van der Waals surface area contributed by atoms with E-state index in [1.165, 1.54) is 22.8 Å². The molecule has 2 heterocycles. The summed E-state index contributed by atoms with van der Waals surface area (Å²) >= 11 is 0. The van der Waals surface area contributed by atoms with Crippen LogP contribution in [0.5, 0.6) is 0 Å². The fraction of sp³-hybridized carbons (Fsp3) is 0.545. The van der Waals surface area contributed by atoms with Crippen LogP contribution >= 0.6 is 0 Å². The highest BCUT2D eigenvalue weighted by Gasteiger charge is 2.34. The lowest BCUT2D eigenvalue weighted by atomic mass is 10.2. The van der Waals surface area contributed by atoms with Crippen molar-refractivity contribution in [2.45, 2.75) is 17.4 Å². The molecule has 1 unspecified atom stereocenters. The molecular weight excluding hydrogens is 252 g/mol. The van der Waals surface area contributed by atoms with Crippen LogP contribution in [-0.4, -0.2) is 55.8 Å². The lowest BCUT2D eigenvalue weighted by Crippen LogP contribution is -2.34. The number of nitrogens with two attached hydrogens (primary N) is 1. The molecule has 1 fully saturated rings. The number of aromatic nitrogens is 1. The van der Waals surface area contributed by atoms with Crippen molar-refractivity contribution in [1.82, 2.24) is 14.2 Å². The zero-order valence-electron chi connectivity index (χ0n) is 10.6. The third-order valence-electron chi connectivity index (χ3n) is 3.29. The number of rotatable bonds is 3. The lowest BCUT2D eigenvalue weighted by Gasteiger charge is -2.20. The van der Waals surface area contributed by atoms with E-state index in [1.807, 2.05) is 19.0 Å². The van der Waals surface area contributed by atoms with Crippen LogP contribution in [0.25, 0.3) is 0 Å². The smallest absolute Gasteiger partial charge is 0.246 e. The van der Waals surface area contributed by atoms with E-state index in [0.29, 0.717) is 13.1 Å². The van der Waals surface area contributed by atoms with Crippen LogP contribution in [0.2, 0.25) is 0 Å². The third kappa shape index (κ3) is 2.33. The summed E-state index contributed by atoms with van der Waals surface area (Å²) in [7, 11) is 0.398. The maximum Gasteiger partial charge on any atom is 0.246 e. The molecule has 0 saturated carbocycles. The van der Waals surface area contributed by atoms with E-state index in [9.17, 15) is 8.42 Å². The normalized spacial score (nSPS) is 21.6. The first kappa shape index (κ1) is 13.3. The minimum absolute atomic E-state index is 0.101. The Morgan fingerprint density at radius 1 is 1.50 bits per heavy atom. The summed E-state index contributed by atoms with van der Waals surface area (Å²) in [6.07, 6.45) is 3.64. The van der Waals surface area contributed by atoms with E-state index >= 15 is 0 Å². The van der Waals surface area contributed by atoms with Crippen molar-refractivity contribution in [2.75, 3.05) is 32.9 Å². The molecule has 1 saturated heterocycles. The highest BCUT2D eigenvalue weighted by molar-refractivity contribution is 7.89. The Labute approximate surface area is 107 Å². The molecule has 18 heavy (non-hydrogen) atoms. The van der Waals surface area contributed by atoms with Gasteiger partial charge in [0, 0.05) is 31.5 Å². The maximum atomic E-state index is 12.4. The van der Waals surface area contributed by atoms with E-state index in [2.05, 4.69) is 4.98 Å². The predicted molar refractivity (Wildman–Crippen MR) is 69.5 cm³/mol. The molecule has 0 aromatic carbocycles. The highest BCUT2D eigenvalue weighted by Crippen LogP contribution is 2.25. The Kier molecular flexibility index (Phi) is 3.56. The SMILES string of the molecule is CN(C)C1CCN(S(=O)(=O)c2cnccc2N)C1. The number of hydrogen-bond acceptors (Lipinski definition) is 5. The first-order valence-corrected chi connectivity index (χ1v) is 7.23. The molecule has 7 heteroatoms. The van der Waals surface area contributed by atoms with Gasteiger partial charge in [0.2, 0.25) is 10.0 Å². The molecule has 0 radical (unpaired) electrons. The maximum absolute atomic E-state index is 12.4. The fourth-order valence-corrected chi connectivity index (χ4v) is 3.65. The van der Waals surface area contributed by atoms with Crippen LogP contribution in [0, 0.1) is 0 Å². The topological polar surface area (TPSA) is 79.5 Å². The van der Waals surface area contributed by atoms with E-state index in [-0.39, 0.29) is 16.6 Å². The van der Waals surface area contributed by atoms with Gasteiger partial charge in [0.25, 0.3) is 0 Å². The summed E-state index contributed by atoms with van der Waals surface area (Å²) < 4.78 is 26.3. The van der Waals surface area contributed by atoms with Crippen molar-refractivity contribution in [2.24, 2.45) is 0 Å². The van der Waals surface area contributed by atoms with E-state index in [1.54, 1.807) is 0 Å². The molecule has 1 atom stereocenters. The number of hydrogen-bond donors (Lipinski definition) is 1. The van der Waals surface area contributed by atoms with Crippen LogP contribution < -0.4 is 5.73 Å². The molecule has 0 spiro atoms. The monoisotopic (exact) mass is 270 g/mol. The van der Waals surface area contributed by atoms with Gasteiger partial charge >= 0.3 is 0 Å². The highest BCUT2D eigenvalue weighted by atomic mass is 32.2. The van der Waals surface area contributed by atoms with E-state index < -0.39 is 10.0 Å². The standard InChI is InChI=1S/C11H18N4O2S/c1-14(2)9-4-6-15(8-9)18(16,17)11-7-13-5-3-10(11)12/h3,5,7,9H,4,6,8H2,1-2H3,(H2,12,13). The molecule has 0 bridgehead atoms. The first-order chi connectivity index (χ1) is 8.43. The minimum Gasteiger partial charge on any atom is -0.398 e. The van der Waals surface area contributed by atoms with Crippen molar-refractivity contribution in [3.05, 3.63) is 18.5 Å². The molecule has 6 nitrogen and oxygen atoms in total. The average molecular weight is 270 g/mol. The Balaban J connectivity index is 2.26. The Morgan fingerprint density at radius 2 is 2.22 bits per heavy atom. The van der Waals surface area contributed by atoms with Gasteiger partial charge in [-0.1, -0.05) is 0 Å². The van der Waals surface area contributed by atoms with Crippen molar-refractivity contribution >= 4 is 15.7 Å². The molecule has 2 N–H and O–H groups in total. The van der Waals surface area contributed by atoms with Crippen LogP contribution in [-0.2, 0) is 10.0 Å². The van der Waals surface area contributed by atoms with Crippen LogP contribution in [0.15, 0.2) is 23.4 Å². The van der Waals surface area contributed by atoms with Crippen molar-refractivity contribution in [1.29, 1.82) is 0 Å². The molecule has 0 amide bonds. The molecule has 2 rings (SSSR count). The Bertz CT molecular complexity index is 530. The molecule has 1 aliphatic rings. The van der Waals surface area contributed by atoms with Gasteiger partial charge in [-0.05, 0) is 26.6 Å². The van der Waals surface area contributed by atoms with Gasteiger partial charge in [-0.3, -0.25) is 4.98 Å². The number of anilines is 1. The zero-order valence-corrected chi connectivity index (χ0v) is 11.4. The molecule has 1 aromatic heterocycles. The molecule has 1 aliphatic heterocycles. The molecular formula is C11H18N4O2S. The number of nitrogens with zero attached hydrogens (tertiary/aromatic N) is 3. The predicted octanol–water partition coefficient (Wildman–Crippen LogP) is -0.0116. The Hall–Kier alpha value is -1.18. The molecule has 0 aliphatic carbocycles. The zero-order chi connectivity index (χ0) is 13.3. The lowest BCUT2D eigenvalue weighted by molar-refractivity contribution is 0.302. The quantitative estimate of drug-likeness (QED) is 0.835. The Morgan fingerprint density at radius 3 is 2.78 bits per heavy atom. The minimum atomic E-state index is -3.52. The van der Waals surface area contributed by atoms with Crippen LogP contribution in [0.4, 0.5) is 5.69 Å². The summed E-state index contributed by atoms with van der Waals surface area (Å²) in [6, 6.07) is 1.77. The first-order valence-electron chi connectivity index (χ1n) is 5.79. The number of nitrogen functional groups attached to an aromatic ring is 1. The average Bonchev–Trinajstić information content (AvgIpc) is 2.79. The third-order valence-corrected chi connectivity index (χ3v) is 5.20. The van der Waals surface area contributed by atoms with Gasteiger partial charge in [0.15, 0.2) is 0 Å². The van der Waals surface area contributed by atoms with E-state index in [0.717, 1.165) is 6.42 Å². The summed E-state index contributed by atoms with van der Waals surface area (Å²) in [5, 5.41) is 0. The van der Waals surface area contributed by atoms with Gasteiger partial charge in [-0.25, -0.2) is 8.42 Å². The van der Waals surface area contributed by atoms with Gasteiger partial charge in [0.05, 0.1) is 5.69 Å². The van der Waals surface area contributed by atoms with Crippen molar-refractivity contribution in [3.63, 3.8) is 0 Å². The summed E-state index contributed by atoms with van der Waals surface area (Å²) in [6.45, 7) is 1.03. The number of likely N-dealkylation sites (N-methyl/N-ethyl adjacent to an activating group) is 1. The van der Waals surface area contributed by atoms with Gasteiger partial charge in [-0.2, -0.15) is 4.31 Å². The second-order valence-electron chi connectivity index (χ2n) is 4.68. The van der Waals surface area contributed by atoms with Crippen molar-refractivity contribution < 1.29 is 8.42 Å². The summed E-state index contributed by atoms with van der Waals surface area (Å²) in [4.78, 5) is 5.99. The van der Waals surface area contributed by atoms with Crippen LogP contribution in [0.3, 0.4) is 0 Å². The second kappa shape index (κ2) is 4.83. The number of pyridine rings is 1. The second-order valence-corrected chi connectivity index (χ2v) is 6.59.